The molecular weight excluding hydrogens is 243 g/mol. The average molecular weight is 255 g/mol. The van der Waals surface area contributed by atoms with Crippen molar-refractivity contribution < 1.29 is 4.39 Å². The minimum Gasteiger partial charge on any atom is -0.275 e. The van der Waals surface area contributed by atoms with Crippen molar-refractivity contribution in [2.75, 3.05) is 0 Å². The molecule has 0 aliphatic carbocycles. The van der Waals surface area contributed by atoms with Crippen molar-refractivity contribution in [3.8, 4) is 0 Å². The first kappa shape index (κ1) is 12.0. The van der Waals surface area contributed by atoms with E-state index in [2.05, 4.69) is 10.5 Å². The lowest BCUT2D eigenvalue weighted by atomic mass is 10.0. The quantitative estimate of drug-likeness (QED) is 0.648. The van der Waals surface area contributed by atoms with E-state index >= 15 is 0 Å². The number of nitrogens with zero attached hydrogens (tertiary/aromatic N) is 2. The molecule has 0 amide bonds. The van der Waals surface area contributed by atoms with Crippen LogP contribution in [0.3, 0.4) is 0 Å². The summed E-state index contributed by atoms with van der Waals surface area (Å²) < 4.78 is 14.6. The molecule has 90 valence electrons. The highest BCUT2D eigenvalue weighted by Crippen LogP contribution is 2.27. The van der Waals surface area contributed by atoms with Gasteiger partial charge in [0.1, 0.15) is 5.82 Å². The topological polar surface area (TPSA) is 55.9 Å². The summed E-state index contributed by atoms with van der Waals surface area (Å²) in [4.78, 5) is 0. The fourth-order valence-corrected chi connectivity index (χ4v) is 1.93. The Morgan fingerprint density at radius 2 is 2.24 bits per heavy atom. The third-order valence-electron chi connectivity index (χ3n) is 2.47. The zero-order chi connectivity index (χ0) is 12.4. The molecule has 1 unspecified atom stereocenters. The number of nitrogens with one attached hydrogen (secondary N) is 1. The molecular formula is C11H12ClFN4. The number of aryl methyl sites for hydroxylation is 1. The van der Waals surface area contributed by atoms with Gasteiger partial charge in [-0.15, -0.1) is 0 Å². The van der Waals surface area contributed by atoms with Crippen LogP contribution in [0.4, 0.5) is 4.39 Å². The van der Waals surface area contributed by atoms with Gasteiger partial charge in [0.15, 0.2) is 0 Å². The second-order valence-electron chi connectivity index (χ2n) is 3.68. The molecule has 2 aromatic rings. The fraction of sp³-hybridized carbons (Fsp3) is 0.182. The van der Waals surface area contributed by atoms with Gasteiger partial charge in [0, 0.05) is 18.3 Å². The Labute approximate surface area is 103 Å². The van der Waals surface area contributed by atoms with E-state index in [1.54, 1.807) is 16.9 Å². The Balaban J connectivity index is 2.42. The monoisotopic (exact) mass is 254 g/mol. The molecule has 1 aromatic heterocycles. The molecule has 0 spiro atoms. The highest BCUT2D eigenvalue weighted by atomic mass is 35.5. The van der Waals surface area contributed by atoms with E-state index in [9.17, 15) is 4.39 Å². The van der Waals surface area contributed by atoms with Gasteiger partial charge in [-0.05, 0) is 23.8 Å². The molecule has 0 saturated heterocycles. The van der Waals surface area contributed by atoms with Crippen molar-refractivity contribution in [1.29, 1.82) is 0 Å². The van der Waals surface area contributed by atoms with Crippen molar-refractivity contribution in [1.82, 2.24) is 15.2 Å². The summed E-state index contributed by atoms with van der Waals surface area (Å²) >= 11 is 5.99. The van der Waals surface area contributed by atoms with Crippen LogP contribution >= 0.6 is 11.6 Å². The van der Waals surface area contributed by atoms with Gasteiger partial charge in [0.05, 0.1) is 11.7 Å². The van der Waals surface area contributed by atoms with E-state index in [0.717, 1.165) is 5.69 Å². The van der Waals surface area contributed by atoms with E-state index in [4.69, 9.17) is 17.4 Å². The third-order valence-corrected chi connectivity index (χ3v) is 2.80. The molecule has 2 rings (SSSR count). The zero-order valence-electron chi connectivity index (χ0n) is 9.19. The van der Waals surface area contributed by atoms with E-state index in [1.807, 2.05) is 13.1 Å². The van der Waals surface area contributed by atoms with Gasteiger partial charge in [-0.1, -0.05) is 17.7 Å². The number of hydrogen-bond acceptors (Lipinski definition) is 3. The predicted octanol–water partition coefficient (Wildman–Crippen LogP) is 1.77. The van der Waals surface area contributed by atoms with Gasteiger partial charge in [0.2, 0.25) is 0 Å². The predicted molar refractivity (Wildman–Crippen MR) is 63.8 cm³/mol. The van der Waals surface area contributed by atoms with Crippen LogP contribution in [0.1, 0.15) is 17.3 Å². The lowest BCUT2D eigenvalue weighted by molar-refractivity contribution is 0.597. The molecule has 0 aliphatic heterocycles. The maximum atomic E-state index is 13.0. The average Bonchev–Trinajstić information content (AvgIpc) is 2.69. The second kappa shape index (κ2) is 4.83. The molecule has 0 bridgehead atoms. The summed E-state index contributed by atoms with van der Waals surface area (Å²) in [5.41, 5.74) is 4.04. The van der Waals surface area contributed by atoms with Gasteiger partial charge < -0.3 is 0 Å². The number of hydrazine groups is 1. The lowest BCUT2D eigenvalue weighted by Crippen LogP contribution is -2.29. The first-order chi connectivity index (χ1) is 8.11. The number of halogens is 2. The molecule has 1 aromatic carbocycles. The highest BCUT2D eigenvalue weighted by molar-refractivity contribution is 6.31. The van der Waals surface area contributed by atoms with E-state index in [0.29, 0.717) is 10.6 Å². The summed E-state index contributed by atoms with van der Waals surface area (Å²) in [7, 11) is 1.81. The minimum absolute atomic E-state index is 0.318. The van der Waals surface area contributed by atoms with Crippen LogP contribution in [0, 0.1) is 5.82 Å². The Morgan fingerprint density at radius 1 is 1.47 bits per heavy atom. The van der Waals surface area contributed by atoms with Gasteiger partial charge in [-0.2, -0.15) is 5.10 Å². The van der Waals surface area contributed by atoms with Crippen LogP contribution in [0.2, 0.25) is 5.02 Å². The van der Waals surface area contributed by atoms with Crippen LogP contribution in [0.25, 0.3) is 0 Å². The Hall–Kier alpha value is -1.43. The molecule has 1 heterocycles. The molecule has 6 heteroatoms. The molecule has 0 saturated carbocycles. The van der Waals surface area contributed by atoms with Crippen molar-refractivity contribution in [3.05, 3.63) is 52.6 Å². The minimum atomic E-state index is -0.379. The molecule has 0 aliphatic rings. The summed E-state index contributed by atoms with van der Waals surface area (Å²) in [6.07, 6.45) is 1.80. The SMILES string of the molecule is Cn1ccc(C(NN)c2ccc(F)cc2Cl)n1. The zero-order valence-corrected chi connectivity index (χ0v) is 9.95. The Morgan fingerprint density at radius 3 is 2.76 bits per heavy atom. The van der Waals surface area contributed by atoms with Gasteiger partial charge >= 0.3 is 0 Å². The number of nitrogens with two attached hydrogens (primary N) is 1. The van der Waals surface area contributed by atoms with E-state index in [1.165, 1.54) is 12.1 Å². The fourth-order valence-electron chi connectivity index (χ4n) is 1.66. The first-order valence-electron chi connectivity index (χ1n) is 5.02. The van der Waals surface area contributed by atoms with Gasteiger partial charge in [-0.25, -0.2) is 9.82 Å². The molecule has 1 atom stereocenters. The largest absolute Gasteiger partial charge is 0.275 e. The Kier molecular flexibility index (Phi) is 3.42. The molecule has 0 fully saturated rings. The van der Waals surface area contributed by atoms with Crippen molar-refractivity contribution >= 4 is 11.6 Å². The van der Waals surface area contributed by atoms with Crippen LogP contribution in [-0.2, 0) is 7.05 Å². The van der Waals surface area contributed by atoms with Crippen molar-refractivity contribution in [3.63, 3.8) is 0 Å². The molecule has 4 nitrogen and oxygen atoms in total. The number of benzene rings is 1. The number of rotatable bonds is 3. The maximum Gasteiger partial charge on any atom is 0.124 e. The molecule has 0 radical (unpaired) electrons. The van der Waals surface area contributed by atoms with Gasteiger partial charge in [0.25, 0.3) is 0 Å². The number of aromatic nitrogens is 2. The highest BCUT2D eigenvalue weighted by Gasteiger charge is 2.18. The molecule has 3 N–H and O–H groups in total. The lowest BCUT2D eigenvalue weighted by Gasteiger charge is -2.15. The third kappa shape index (κ3) is 2.46. The Bertz CT molecular complexity index is 526. The molecule has 17 heavy (non-hydrogen) atoms. The summed E-state index contributed by atoms with van der Waals surface area (Å²) in [6.45, 7) is 0. The second-order valence-corrected chi connectivity index (χ2v) is 4.09. The summed E-state index contributed by atoms with van der Waals surface area (Å²) in [5, 5.41) is 4.56. The summed E-state index contributed by atoms with van der Waals surface area (Å²) in [6, 6.07) is 5.66. The summed E-state index contributed by atoms with van der Waals surface area (Å²) in [5.74, 6) is 5.12. The number of hydrogen-bond donors (Lipinski definition) is 2. The first-order valence-corrected chi connectivity index (χ1v) is 5.40. The maximum absolute atomic E-state index is 13.0. The van der Waals surface area contributed by atoms with Crippen LogP contribution < -0.4 is 11.3 Å². The van der Waals surface area contributed by atoms with Crippen LogP contribution in [0.5, 0.6) is 0 Å². The normalized spacial score (nSPS) is 12.7. The van der Waals surface area contributed by atoms with Crippen molar-refractivity contribution in [2.24, 2.45) is 12.9 Å². The van der Waals surface area contributed by atoms with E-state index in [-0.39, 0.29) is 11.9 Å². The van der Waals surface area contributed by atoms with Gasteiger partial charge in [-0.3, -0.25) is 10.5 Å². The van der Waals surface area contributed by atoms with Crippen molar-refractivity contribution in [2.45, 2.75) is 6.04 Å². The van der Waals surface area contributed by atoms with Crippen LogP contribution in [-0.4, -0.2) is 9.78 Å². The standard InChI is InChI=1S/C11H12ClFN4/c1-17-5-4-10(16-17)11(15-14)8-3-2-7(13)6-9(8)12/h2-6,11,15H,14H2,1H3. The smallest absolute Gasteiger partial charge is 0.124 e. The van der Waals surface area contributed by atoms with Crippen LogP contribution in [0.15, 0.2) is 30.5 Å². The van der Waals surface area contributed by atoms with E-state index < -0.39 is 0 Å².